The average molecular weight is 365 g/mol. The van der Waals surface area contributed by atoms with E-state index in [1.165, 1.54) is 11.8 Å². The lowest BCUT2D eigenvalue weighted by Gasteiger charge is -2.14. The predicted molar refractivity (Wildman–Crippen MR) is 98.9 cm³/mol. The van der Waals surface area contributed by atoms with Crippen LogP contribution in [0.2, 0.25) is 0 Å². The third kappa shape index (κ3) is 5.04. The molecule has 0 aliphatic rings. The van der Waals surface area contributed by atoms with E-state index in [-0.39, 0.29) is 11.4 Å². The summed E-state index contributed by atoms with van der Waals surface area (Å²) >= 11 is 1.38. The predicted octanol–water partition coefficient (Wildman–Crippen LogP) is 4.78. The Morgan fingerprint density at radius 1 is 1.17 bits per heavy atom. The van der Waals surface area contributed by atoms with Gasteiger partial charge in [0.1, 0.15) is 5.92 Å². The van der Waals surface area contributed by atoms with E-state index >= 15 is 0 Å². The largest absolute Gasteiger partial charge is 0.481 e. The highest BCUT2D eigenvalue weighted by atomic mass is 32.2. The van der Waals surface area contributed by atoms with Gasteiger partial charge < -0.3 is 10.2 Å². The molecule has 0 fully saturated rings. The third-order valence-electron chi connectivity index (χ3n) is 3.78. The van der Waals surface area contributed by atoms with Gasteiger partial charge in [-0.3, -0.25) is 4.79 Å². The highest BCUT2D eigenvalue weighted by Crippen LogP contribution is 2.40. The summed E-state index contributed by atoms with van der Waals surface area (Å²) in [5, 5.41) is 21.7. The number of carboxylic acids is 1. The molecule has 24 heavy (non-hydrogen) atoms. The summed E-state index contributed by atoms with van der Waals surface area (Å²) < 4.78 is 12.3. The van der Waals surface area contributed by atoms with Crippen molar-refractivity contribution in [1.29, 1.82) is 0 Å². The zero-order valence-corrected chi connectivity index (χ0v) is 15.5. The van der Waals surface area contributed by atoms with E-state index in [9.17, 15) is 19.6 Å². The van der Waals surface area contributed by atoms with Crippen LogP contribution in [0.25, 0.3) is 10.8 Å². The van der Waals surface area contributed by atoms with E-state index in [0.717, 1.165) is 15.7 Å². The summed E-state index contributed by atoms with van der Waals surface area (Å²) in [6.45, 7) is 3.78. The van der Waals surface area contributed by atoms with Crippen LogP contribution in [0.3, 0.4) is 0 Å². The second kappa shape index (κ2) is 8.61. The van der Waals surface area contributed by atoms with Gasteiger partial charge in [0, 0.05) is 4.90 Å². The standard InChI is InChI=1S/C18H21O4PS/c1-12(2)9-16(17(19)20)18(21)23(22)11-24-15-8-7-13-5-3-4-6-14(13)10-15/h3-8,10,12,16,18,21H,9,11H2,1-2H3/p+1. The SMILES string of the molecule is CC(C)CC(C(=O)O)C(O)[P+](=O)CSc1ccc2ccccc2c1. The average Bonchev–Trinajstić information content (AvgIpc) is 2.56. The smallest absolute Gasteiger partial charge is 0.382 e. The first kappa shape index (κ1) is 18.9. The van der Waals surface area contributed by atoms with E-state index in [2.05, 4.69) is 0 Å². The molecule has 4 nitrogen and oxygen atoms in total. The van der Waals surface area contributed by atoms with E-state index < -0.39 is 25.5 Å². The number of hydrogen-bond acceptors (Lipinski definition) is 4. The number of aliphatic carboxylic acids is 1. The van der Waals surface area contributed by atoms with Crippen LogP contribution < -0.4 is 0 Å². The summed E-state index contributed by atoms with van der Waals surface area (Å²) in [6.07, 6.45) is 0.318. The van der Waals surface area contributed by atoms with Crippen molar-refractivity contribution in [1.82, 2.24) is 0 Å². The van der Waals surface area contributed by atoms with Crippen molar-refractivity contribution < 1.29 is 19.6 Å². The second-order valence-electron chi connectivity index (χ2n) is 6.19. The molecule has 0 saturated carbocycles. The second-order valence-corrected chi connectivity index (χ2v) is 9.34. The Morgan fingerprint density at radius 2 is 1.83 bits per heavy atom. The van der Waals surface area contributed by atoms with Gasteiger partial charge in [0.05, 0.1) is 0 Å². The number of rotatable bonds is 8. The minimum atomic E-state index is -2.02. The first-order chi connectivity index (χ1) is 11.4. The van der Waals surface area contributed by atoms with E-state index in [4.69, 9.17) is 0 Å². The van der Waals surface area contributed by atoms with Crippen LogP contribution in [0.4, 0.5) is 0 Å². The lowest BCUT2D eigenvalue weighted by molar-refractivity contribution is -0.144. The number of aliphatic hydroxyl groups excluding tert-OH is 1. The van der Waals surface area contributed by atoms with Gasteiger partial charge in [-0.05, 0) is 35.2 Å². The first-order valence-corrected chi connectivity index (χ1v) is 10.3. The maximum atomic E-state index is 12.3. The molecule has 2 N–H and O–H groups in total. The summed E-state index contributed by atoms with van der Waals surface area (Å²) in [6, 6.07) is 13.9. The van der Waals surface area contributed by atoms with Crippen molar-refractivity contribution in [3.05, 3.63) is 42.5 Å². The van der Waals surface area contributed by atoms with Crippen molar-refractivity contribution in [2.45, 2.75) is 31.0 Å². The zero-order chi connectivity index (χ0) is 17.7. The van der Waals surface area contributed by atoms with Gasteiger partial charge in [-0.1, -0.05) is 60.5 Å². The van der Waals surface area contributed by atoms with Crippen LogP contribution in [0.15, 0.2) is 47.4 Å². The Morgan fingerprint density at radius 3 is 2.46 bits per heavy atom. The monoisotopic (exact) mass is 365 g/mol. The lowest BCUT2D eigenvalue weighted by atomic mass is 9.98. The van der Waals surface area contributed by atoms with Gasteiger partial charge >= 0.3 is 13.8 Å². The lowest BCUT2D eigenvalue weighted by Crippen LogP contribution is -2.27. The number of thioether (sulfide) groups is 1. The van der Waals surface area contributed by atoms with E-state index in [1.807, 2.05) is 56.3 Å². The molecule has 2 aromatic rings. The van der Waals surface area contributed by atoms with Crippen molar-refractivity contribution in [2.24, 2.45) is 11.8 Å². The maximum absolute atomic E-state index is 12.3. The van der Waals surface area contributed by atoms with Crippen LogP contribution in [0.1, 0.15) is 20.3 Å². The Bertz CT molecular complexity index is 732. The highest BCUT2D eigenvalue weighted by Gasteiger charge is 2.40. The van der Waals surface area contributed by atoms with Gasteiger partial charge in [0.15, 0.2) is 5.49 Å². The summed E-state index contributed by atoms with van der Waals surface area (Å²) in [5.41, 5.74) is 0.205. The molecule has 0 spiro atoms. The van der Waals surface area contributed by atoms with Crippen molar-refractivity contribution in [3.63, 3.8) is 0 Å². The molecule has 6 heteroatoms. The fourth-order valence-corrected chi connectivity index (χ4v) is 5.27. The quantitative estimate of drug-likeness (QED) is 0.520. The number of benzene rings is 2. The zero-order valence-electron chi connectivity index (χ0n) is 13.8. The molecule has 2 rings (SSSR count). The molecule has 0 bridgehead atoms. The maximum Gasteiger partial charge on any atom is 0.382 e. The number of fused-ring (bicyclic) bond motifs is 1. The molecule has 0 heterocycles. The minimum Gasteiger partial charge on any atom is -0.481 e. The topological polar surface area (TPSA) is 74.6 Å². The molecule has 3 atom stereocenters. The molecule has 0 aliphatic heterocycles. The fraction of sp³-hybridized carbons (Fsp3) is 0.389. The van der Waals surface area contributed by atoms with Crippen molar-refractivity contribution >= 4 is 36.3 Å². The first-order valence-electron chi connectivity index (χ1n) is 7.84. The van der Waals surface area contributed by atoms with Crippen LogP contribution >= 0.6 is 19.6 Å². The summed E-state index contributed by atoms with van der Waals surface area (Å²) in [7, 11) is -2.02. The Kier molecular flexibility index (Phi) is 6.79. The normalized spacial score (nSPS) is 14.6. The van der Waals surface area contributed by atoms with Crippen molar-refractivity contribution in [2.75, 3.05) is 5.49 Å². The molecular weight excluding hydrogens is 343 g/mol. The van der Waals surface area contributed by atoms with Gasteiger partial charge in [-0.25, -0.2) is 0 Å². The molecule has 0 aromatic heterocycles. The van der Waals surface area contributed by atoms with Gasteiger partial charge in [0.2, 0.25) is 0 Å². The molecule has 0 amide bonds. The molecule has 2 aromatic carbocycles. The van der Waals surface area contributed by atoms with Crippen LogP contribution in [-0.2, 0) is 9.36 Å². The molecular formula is C18H22O4PS+. The van der Waals surface area contributed by atoms with Gasteiger partial charge in [-0.15, -0.1) is 0 Å². The molecule has 0 saturated heterocycles. The summed E-state index contributed by atoms with van der Waals surface area (Å²) in [4.78, 5) is 12.3. The fourth-order valence-electron chi connectivity index (χ4n) is 2.53. The number of carbonyl (C=O) groups is 1. The number of carboxylic acid groups (broad SMARTS) is 1. The third-order valence-corrected chi connectivity index (χ3v) is 6.85. The minimum absolute atomic E-state index is 0.122. The molecule has 3 unspecified atom stereocenters. The number of hydrogen-bond donors (Lipinski definition) is 2. The molecule has 128 valence electrons. The van der Waals surface area contributed by atoms with Gasteiger partial charge in [-0.2, -0.15) is 0 Å². The Labute approximate surface area is 147 Å². The highest BCUT2D eigenvalue weighted by molar-refractivity contribution is 8.03. The number of aliphatic hydroxyl groups is 1. The van der Waals surface area contributed by atoms with Gasteiger partial charge in [0.25, 0.3) is 5.85 Å². The van der Waals surface area contributed by atoms with Crippen LogP contribution in [0.5, 0.6) is 0 Å². The molecule has 0 aliphatic carbocycles. The Hall–Kier alpha value is -1.42. The Balaban J connectivity index is 2.01. The van der Waals surface area contributed by atoms with E-state index in [0.29, 0.717) is 6.42 Å². The van der Waals surface area contributed by atoms with Crippen LogP contribution in [0, 0.1) is 11.8 Å². The van der Waals surface area contributed by atoms with Crippen LogP contribution in [-0.4, -0.2) is 27.5 Å². The van der Waals surface area contributed by atoms with E-state index in [1.54, 1.807) is 0 Å². The summed E-state index contributed by atoms with van der Waals surface area (Å²) in [5.74, 6) is -3.26. The van der Waals surface area contributed by atoms with Crippen molar-refractivity contribution in [3.8, 4) is 0 Å². The molecule has 0 radical (unpaired) electrons.